The number of benzene rings is 2. The lowest BCUT2D eigenvalue weighted by atomic mass is 9.96. The highest BCUT2D eigenvalue weighted by molar-refractivity contribution is 7.16. The fraction of sp³-hybridized carbons (Fsp3) is 0.214. The number of furan rings is 1. The number of halogens is 2. The molecule has 0 saturated carbocycles. The van der Waals surface area contributed by atoms with E-state index in [9.17, 15) is 4.79 Å². The molecule has 178 valence electrons. The van der Waals surface area contributed by atoms with Crippen LogP contribution in [0.15, 0.2) is 70.1 Å². The molecule has 4 aromatic rings. The summed E-state index contributed by atoms with van der Waals surface area (Å²) in [6, 6.07) is 18.6. The summed E-state index contributed by atoms with van der Waals surface area (Å²) in [6.45, 7) is 0. The number of rotatable bonds is 5. The van der Waals surface area contributed by atoms with Gasteiger partial charge in [0.05, 0.1) is 21.8 Å². The number of amides is 1. The van der Waals surface area contributed by atoms with Gasteiger partial charge in [-0.25, -0.2) is 4.99 Å². The number of carbonyl (C=O) groups excluding carboxylic acids is 1. The molecular formula is C28H24Cl2N2O2S. The van der Waals surface area contributed by atoms with E-state index in [4.69, 9.17) is 32.6 Å². The van der Waals surface area contributed by atoms with Gasteiger partial charge in [-0.05, 0) is 67.6 Å². The molecule has 1 aliphatic rings. The van der Waals surface area contributed by atoms with Crippen LogP contribution in [0.5, 0.6) is 0 Å². The minimum atomic E-state index is -0.118. The van der Waals surface area contributed by atoms with E-state index in [2.05, 4.69) is 5.32 Å². The van der Waals surface area contributed by atoms with Gasteiger partial charge in [-0.2, -0.15) is 0 Å². The molecule has 0 unspecified atom stereocenters. The molecule has 0 radical (unpaired) electrons. The number of anilines is 1. The van der Waals surface area contributed by atoms with Gasteiger partial charge in [0.15, 0.2) is 0 Å². The Kier molecular flexibility index (Phi) is 7.37. The van der Waals surface area contributed by atoms with Gasteiger partial charge < -0.3 is 9.73 Å². The summed E-state index contributed by atoms with van der Waals surface area (Å²) >= 11 is 14.1. The Morgan fingerprint density at radius 2 is 1.74 bits per heavy atom. The predicted molar refractivity (Wildman–Crippen MR) is 146 cm³/mol. The second kappa shape index (κ2) is 10.8. The number of aliphatic imine (C=N–C) groups is 1. The molecule has 1 amide bonds. The van der Waals surface area contributed by atoms with Gasteiger partial charge in [0.1, 0.15) is 16.5 Å². The zero-order valence-corrected chi connectivity index (χ0v) is 21.3. The molecule has 0 fully saturated rings. The van der Waals surface area contributed by atoms with Crippen LogP contribution in [0.1, 0.15) is 52.2 Å². The van der Waals surface area contributed by atoms with Crippen LogP contribution in [-0.2, 0) is 12.8 Å². The first-order valence-electron chi connectivity index (χ1n) is 11.7. The molecule has 5 rings (SSSR count). The Morgan fingerprint density at radius 1 is 0.943 bits per heavy atom. The maximum absolute atomic E-state index is 13.4. The third-order valence-corrected chi connectivity index (χ3v) is 8.08. The Morgan fingerprint density at radius 3 is 2.57 bits per heavy atom. The summed E-state index contributed by atoms with van der Waals surface area (Å²) in [4.78, 5) is 19.4. The molecule has 1 N–H and O–H groups in total. The van der Waals surface area contributed by atoms with Crippen molar-refractivity contribution in [3.8, 4) is 11.3 Å². The molecule has 0 spiro atoms. The summed E-state index contributed by atoms with van der Waals surface area (Å²) in [6.07, 6.45) is 8.19. The summed E-state index contributed by atoms with van der Waals surface area (Å²) in [7, 11) is 0. The largest absolute Gasteiger partial charge is 0.455 e. The predicted octanol–water partition coefficient (Wildman–Crippen LogP) is 8.98. The SMILES string of the molecule is O=C(Nc1ccccc1)c1c(N=Cc2ccc(-c3cccc(Cl)c3Cl)o2)sc2c1CCCCCC2. The normalized spacial score (nSPS) is 13.9. The number of para-hydroxylation sites is 1. The quantitative estimate of drug-likeness (QED) is 0.266. The monoisotopic (exact) mass is 522 g/mol. The van der Waals surface area contributed by atoms with E-state index < -0.39 is 0 Å². The molecular weight excluding hydrogens is 499 g/mol. The zero-order valence-electron chi connectivity index (χ0n) is 19.0. The average Bonchev–Trinajstić information content (AvgIpc) is 3.44. The van der Waals surface area contributed by atoms with Crippen molar-refractivity contribution in [3.05, 3.63) is 92.5 Å². The highest BCUT2D eigenvalue weighted by Gasteiger charge is 2.24. The van der Waals surface area contributed by atoms with Gasteiger partial charge in [-0.3, -0.25) is 4.79 Å². The van der Waals surface area contributed by atoms with Crippen molar-refractivity contribution in [2.24, 2.45) is 4.99 Å². The lowest BCUT2D eigenvalue weighted by Gasteiger charge is -2.11. The fourth-order valence-electron chi connectivity index (χ4n) is 4.33. The van der Waals surface area contributed by atoms with Crippen molar-refractivity contribution in [1.29, 1.82) is 0 Å². The van der Waals surface area contributed by atoms with Crippen LogP contribution in [-0.4, -0.2) is 12.1 Å². The van der Waals surface area contributed by atoms with E-state index in [1.54, 1.807) is 23.6 Å². The Labute approximate surface area is 218 Å². The van der Waals surface area contributed by atoms with Crippen LogP contribution in [0.3, 0.4) is 0 Å². The van der Waals surface area contributed by atoms with Gasteiger partial charge in [0, 0.05) is 16.1 Å². The van der Waals surface area contributed by atoms with E-state index in [0.29, 0.717) is 32.1 Å². The average molecular weight is 523 g/mol. The molecule has 2 heterocycles. The number of aryl methyl sites for hydroxylation is 1. The number of thiophene rings is 1. The number of fused-ring (bicyclic) bond motifs is 1. The standard InChI is InChI=1S/C28H24Cl2N2O2S/c29-22-13-8-12-20(26(22)30)23-16-15-19(34-23)17-31-28-25(27(33)32-18-9-4-3-5-10-18)21-11-6-1-2-7-14-24(21)35-28/h3-5,8-10,12-13,15-17H,1-2,6-7,11,14H2,(H,32,33). The van der Waals surface area contributed by atoms with Crippen LogP contribution in [0, 0.1) is 0 Å². The second-order valence-corrected chi connectivity index (χ2v) is 10.3. The Balaban J connectivity index is 1.47. The molecule has 2 aromatic carbocycles. The number of carbonyl (C=O) groups is 1. The minimum Gasteiger partial charge on any atom is -0.455 e. The lowest BCUT2D eigenvalue weighted by molar-refractivity contribution is 0.102. The van der Waals surface area contributed by atoms with Crippen molar-refractivity contribution in [1.82, 2.24) is 0 Å². The molecule has 0 saturated heterocycles. The summed E-state index contributed by atoms with van der Waals surface area (Å²) in [5, 5.41) is 4.68. The first-order valence-corrected chi connectivity index (χ1v) is 13.3. The van der Waals surface area contributed by atoms with E-state index in [1.165, 1.54) is 17.7 Å². The molecule has 35 heavy (non-hydrogen) atoms. The maximum atomic E-state index is 13.4. The van der Waals surface area contributed by atoms with Gasteiger partial charge in [0.2, 0.25) is 0 Å². The van der Waals surface area contributed by atoms with Crippen LogP contribution in [0.2, 0.25) is 10.0 Å². The topological polar surface area (TPSA) is 54.6 Å². The molecule has 0 bridgehead atoms. The zero-order chi connectivity index (χ0) is 24.2. The maximum Gasteiger partial charge on any atom is 0.259 e. The van der Waals surface area contributed by atoms with Crippen molar-refractivity contribution in [2.75, 3.05) is 5.32 Å². The summed E-state index contributed by atoms with van der Waals surface area (Å²) in [5.74, 6) is 1.07. The van der Waals surface area contributed by atoms with Crippen LogP contribution in [0.25, 0.3) is 11.3 Å². The highest BCUT2D eigenvalue weighted by Crippen LogP contribution is 2.40. The minimum absolute atomic E-state index is 0.118. The van der Waals surface area contributed by atoms with Crippen LogP contribution in [0.4, 0.5) is 10.7 Å². The van der Waals surface area contributed by atoms with E-state index in [0.717, 1.165) is 42.5 Å². The Bertz CT molecular complexity index is 1380. The third-order valence-electron chi connectivity index (χ3n) is 6.06. The Hall–Kier alpha value is -2.86. The number of hydrogen-bond acceptors (Lipinski definition) is 4. The van der Waals surface area contributed by atoms with Crippen LogP contribution >= 0.6 is 34.5 Å². The van der Waals surface area contributed by atoms with Gasteiger partial charge in [-0.15, -0.1) is 11.3 Å². The molecule has 2 aromatic heterocycles. The number of hydrogen-bond donors (Lipinski definition) is 1. The van der Waals surface area contributed by atoms with Gasteiger partial charge in [-0.1, -0.05) is 60.3 Å². The molecule has 4 nitrogen and oxygen atoms in total. The van der Waals surface area contributed by atoms with Crippen molar-refractivity contribution < 1.29 is 9.21 Å². The summed E-state index contributed by atoms with van der Waals surface area (Å²) < 4.78 is 5.98. The molecule has 0 atom stereocenters. The van der Waals surface area contributed by atoms with Gasteiger partial charge in [0.25, 0.3) is 5.91 Å². The lowest BCUT2D eigenvalue weighted by Crippen LogP contribution is -2.14. The van der Waals surface area contributed by atoms with Gasteiger partial charge >= 0.3 is 0 Å². The van der Waals surface area contributed by atoms with Crippen molar-refractivity contribution in [3.63, 3.8) is 0 Å². The first kappa shape index (κ1) is 23.9. The fourth-order valence-corrected chi connectivity index (χ4v) is 5.95. The van der Waals surface area contributed by atoms with E-state index in [-0.39, 0.29) is 5.91 Å². The van der Waals surface area contributed by atoms with Crippen LogP contribution < -0.4 is 5.32 Å². The first-order chi connectivity index (χ1) is 17.1. The highest BCUT2D eigenvalue weighted by atomic mass is 35.5. The second-order valence-electron chi connectivity index (χ2n) is 8.48. The van der Waals surface area contributed by atoms with Crippen molar-refractivity contribution in [2.45, 2.75) is 38.5 Å². The van der Waals surface area contributed by atoms with E-state index >= 15 is 0 Å². The third kappa shape index (κ3) is 5.37. The molecule has 1 aliphatic carbocycles. The molecule has 0 aliphatic heterocycles. The smallest absolute Gasteiger partial charge is 0.259 e. The molecule has 7 heteroatoms. The van der Waals surface area contributed by atoms with E-state index in [1.807, 2.05) is 54.6 Å². The summed E-state index contributed by atoms with van der Waals surface area (Å²) in [5.41, 5.74) is 3.31. The number of nitrogens with zero attached hydrogens (tertiary/aromatic N) is 1. The van der Waals surface area contributed by atoms with Crippen molar-refractivity contribution >= 4 is 57.3 Å². The number of nitrogens with one attached hydrogen (secondary N) is 1.